The molecule has 0 aliphatic carbocycles. The van der Waals surface area contributed by atoms with Gasteiger partial charge < -0.3 is 4.74 Å². The third-order valence-electron chi connectivity index (χ3n) is 4.98. The number of nitrogens with one attached hydrogen (secondary N) is 1. The van der Waals surface area contributed by atoms with E-state index in [4.69, 9.17) is 4.74 Å². The van der Waals surface area contributed by atoms with Gasteiger partial charge in [-0.25, -0.2) is 13.8 Å². The highest BCUT2D eigenvalue weighted by atomic mass is 32.2. The van der Waals surface area contributed by atoms with Crippen molar-refractivity contribution in [2.45, 2.75) is 32.6 Å². The van der Waals surface area contributed by atoms with Crippen molar-refractivity contribution in [1.82, 2.24) is 5.43 Å². The molecule has 0 saturated heterocycles. The molecule has 0 unspecified atom stereocenters. The number of rotatable bonds is 10. The van der Waals surface area contributed by atoms with Crippen LogP contribution in [0.1, 0.15) is 30.5 Å². The first-order valence-corrected chi connectivity index (χ1v) is 12.8. The highest BCUT2D eigenvalue weighted by Gasteiger charge is 2.27. The Bertz CT molecular complexity index is 1250. The van der Waals surface area contributed by atoms with Gasteiger partial charge in [-0.2, -0.15) is 5.10 Å². The predicted octanol–water partition coefficient (Wildman–Crippen LogP) is 4.68. The van der Waals surface area contributed by atoms with Crippen LogP contribution in [0.15, 0.2) is 82.8 Å². The van der Waals surface area contributed by atoms with Crippen molar-refractivity contribution in [3.05, 3.63) is 89.5 Å². The molecule has 3 rings (SSSR count). The molecule has 184 valence electrons. The number of nitrogens with zero attached hydrogens (tertiary/aromatic N) is 2. The van der Waals surface area contributed by atoms with Crippen LogP contribution in [0.3, 0.4) is 0 Å². The SMILES string of the molecule is Cc1cc(C)cc(N(CC(=O)N/N=C\c2ccc(OCC(C)C)cc2)S(=O)(=O)c2ccccc2)c1. The van der Waals surface area contributed by atoms with E-state index in [0.717, 1.165) is 26.7 Å². The van der Waals surface area contributed by atoms with Gasteiger partial charge in [-0.1, -0.05) is 38.1 Å². The number of carbonyl (C=O) groups excluding carboxylic acids is 1. The summed E-state index contributed by atoms with van der Waals surface area (Å²) in [5.41, 5.74) is 5.41. The summed E-state index contributed by atoms with van der Waals surface area (Å²) < 4.78 is 33.6. The minimum absolute atomic E-state index is 0.107. The molecule has 3 aromatic rings. The Kier molecular flexibility index (Phi) is 8.65. The molecule has 35 heavy (non-hydrogen) atoms. The van der Waals surface area contributed by atoms with Crippen LogP contribution < -0.4 is 14.5 Å². The second-order valence-corrected chi connectivity index (χ2v) is 10.6. The van der Waals surface area contributed by atoms with Crippen LogP contribution in [0.5, 0.6) is 5.75 Å². The summed E-state index contributed by atoms with van der Waals surface area (Å²) in [4.78, 5) is 12.8. The van der Waals surface area contributed by atoms with Crippen molar-refractivity contribution < 1.29 is 17.9 Å². The second kappa shape index (κ2) is 11.7. The van der Waals surface area contributed by atoms with Crippen molar-refractivity contribution in [2.75, 3.05) is 17.5 Å². The van der Waals surface area contributed by atoms with Gasteiger partial charge in [0.15, 0.2) is 0 Å². The van der Waals surface area contributed by atoms with Crippen LogP contribution in [0.25, 0.3) is 0 Å². The van der Waals surface area contributed by atoms with Gasteiger partial charge in [-0.05, 0) is 85.0 Å². The Hall–Kier alpha value is -3.65. The molecule has 0 fully saturated rings. The van der Waals surface area contributed by atoms with Crippen molar-refractivity contribution in [2.24, 2.45) is 11.0 Å². The lowest BCUT2D eigenvalue weighted by Gasteiger charge is -2.24. The zero-order valence-corrected chi connectivity index (χ0v) is 21.2. The molecule has 0 radical (unpaired) electrons. The zero-order chi connectivity index (χ0) is 25.4. The van der Waals surface area contributed by atoms with Gasteiger partial charge in [0.2, 0.25) is 0 Å². The first-order chi connectivity index (χ1) is 16.6. The van der Waals surface area contributed by atoms with Gasteiger partial charge in [0.1, 0.15) is 12.3 Å². The topological polar surface area (TPSA) is 88.1 Å². The molecule has 8 heteroatoms. The maximum Gasteiger partial charge on any atom is 0.264 e. The molecule has 0 atom stereocenters. The average molecular weight is 494 g/mol. The first kappa shape index (κ1) is 26.0. The maximum atomic E-state index is 13.4. The van der Waals surface area contributed by atoms with Crippen molar-refractivity contribution in [3.8, 4) is 5.75 Å². The lowest BCUT2D eigenvalue weighted by atomic mass is 10.1. The van der Waals surface area contributed by atoms with Crippen LogP contribution >= 0.6 is 0 Å². The minimum Gasteiger partial charge on any atom is -0.493 e. The number of hydrazone groups is 1. The number of amides is 1. The molecule has 7 nitrogen and oxygen atoms in total. The number of aryl methyl sites for hydroxylation is 2. The fourth-order valence-electron chi connectivity index (χ4n) is 3.39. The molecule has 0 spiro atoms. The summed E-state index contributed by atoms with van der Waals surface area (Å²) in [7, 11) is -3.97. The normalized spacial score (nSPS) is 11.6. The lowest BCUT2D eigenvalue weighted by Crippen LogP contribution is -2.39. The number of ether oxygens (including phenoxy) is 1. The average Bonchev–Trinajstić information content (AvgIpc) is 2.82. The number of anilines is 1. The summed E-state index contributed by atoms with van der Waals surface area (Å²) in [5, 5.41) is 4.00. The molecular weight excluding hydrogens is 462 g/mol. The van der Waals surface area contributed by atoms with Crippen molar-refractivity contribution in [1.29, 1.82) is 0 Å². The minimum atomic E-state index is -3.97. The summed E-state index contributed by atoms with van der Waals surface area (Å²) in [6.07, 6.45) is 1.50. The number of carbonyl (C=O) groups is 1. The molecule has 0 saturated carbocycles. The second-order valence-electron chi connectivity index (χ2n) is 8.74. The third-order valence-corrected chi connectivity index (χ3v) is 6.77. The highest BCUT2D eigenvalue weighted by molar-refractivity contribution is 7.92. The molecule has 0 bridgehead atoms. The Morgan fingerprint density at radius 3 is 2.23 bits per heavy atom. The molecule has 0 heterocycles. The molecule has 0 aliphatic heterocycles. The Balaban J connectivity index is 1.75. The summed E-state index contributed by atoms with van der Waals surface area (Å²) in [6.45, 7) is 8.14. The van der Waals surface area contributed by atoms with Crippen LogP contribution in [0.4, 0.5) is 5.69 Å². The van der Waals surface area contributed by atoms with Crippen LogP contribution in [0.2, 0.25) is 0 Å². The van der Waals surface area contributed by atoms with Crippen LogP contribution in [-0.4, -0.2) is 33.7 Å². The van der Waals surface area contributed by atoms with Gasteiger partial charge in [0, 0.05) is 0 Å². The number of hydrogen-bond acceptors (Lipinski definition) is 5. The van der Waals surface area contributed by atoms with Gasteiger partial charge in [0.05, 0.1) is 23.4 Å². The summed E-state index contributed by atoms with van der Waals surface area (Å²) in [5.74, 6) is 0.632. The van der Waals surface area contributed by atoms with E-state index in [1.807, 2.05) is 44.2 Å². The van der Waals surface area contributed by atoms with E-state index in [1.54, 1.807) is 30.3 Å². The lowest BCUT2D eigenvalue weighted by molar-refractivity contribution is -0.119. The molecular formula is C27H31N3O4S. The Morgan fingerprint density at radius 2 is 1.63 bits per heavy atom. The number of sulfonamides is 1. The Morgan fingerprint density at radius 1 is 1.00 bits per heavy atom. The molecule has 0 aliphatic rings. The third kappa shape index (κ3) is 7.42. The number of hydrogen-bond donors (Lipinski definition) is 1. The van der Waals surface area contributed by atoms with Gasteiger partial charge in [0.25, 0.3) is 15.9 Å². The fourth-order valence-corrected chi connectivity index (χ4v) is 4.81. The number of benzene rings is 3. The van der Waals surface area contributed by atoms with E-state index in [0.29, 0.717) is 18.2 Å². The molecule has 1 amide bonds. The van der Waals surface area contributed by atoms with Gasteiger partial charge in [-0.15, -0.1) is 0 Å². The van der Waals surface area contributed by atoms with E-state index in [-0.39, 0.29) is 4.90 Å². The van der Waals surface area contributed by atoms with Gasteiger partial charge in [-0.3, -0.25) is 9.10 Å². The van der Waals surface area contributed by atoms with Crippen molar-refractivity contribution >= 4 is 27.8 Å². The summed E-state index contributed by atoms with van der Waals surface area (Å²) >= 11 is 0. The molecule has 1 N–H and O–H groups in total. The quantitative estimate of drug-likeness (QED) is 0.328. The smallest absolute Gasteiger partial charge is 0.264 e. The molecule has 0 aromatic heterocycles. The fraction of sp³-hybridized carbons (Fsp3) is 0.259. The van der Waals surface area contributed by atoms with E-state index >= 15 is 0 Å². The van der Waals surface area contributed by atoms with Crippen molar-refractivity contribution in [3.63, 3.8) is 0 Å². The highest BCUT2D eigenvalue weighted by Crippen LogP contribution is 2.25. The van der Waals surface area contributed by atoms with Gasteiger partial charge >= 0.3 is 0 Å². The Labute approximate surface area is 207 Å². The van der Waals surface area contributed by atoms with E-state index < -0.39 is 22.5 Å². The zero-order valence-electron chi connectivity index (χ0n) is 20.4. The first-order valence-electron chi connectivity index (χ1n) is 11.4. The van der Waals surface area contributed by atoms with E-state index in [9.17, 15) is 13.2 Å². The standard InChI is InChI=1S/C27H31N3O4S/c1-20(2)19-34-25-12-10-23(11-13-25)17-28-29-27(31)18-30(24-15-21(3)14-22(4)16-24)35(32,33)26-8-6-5-7-9-26/h5-17,20H,18-19H2,1-4H3,(H,29,31)/b28-17-. The summed E-state index contributed by atoms with van der Waals surface area (Å²) in [6, 6.07) is 20.8. The van der Waals surface area contributed by atoms with Crippen LogP contribution in [0, 0.1) is 19.8 Å². The maximum absolute atomic E-state index is 13.4. The predicted molar refractivity (Wildman–Crippen MR) is 139 cm³/mol. The largest absolute Gasteiger partial charge is 0.493 e. The van der Waals surface area contributed by atoms with E-state index in [1.165, 1.54) is 18.3 Å². The van der Waals surface area contributed by atoms with E-state index in [2.05, 4.69) is 24.4 Å². The van der Waals surface area contributed by atoms with Crippen LogP contribution in [-0.2, 0) is 14.8 Å². The molecule has 3 aromatic carbocycles. The monoisotopic (exact) mass is 493 g/mol.